The minimum Gasteiger partial charge on any atom is -0.496 e. The first-order valence-corrected chi connectivity index (χ1v) is 7.54. The number of hydrogen-bond acceptors (Lipinski definition) is 4. The van der Waals surface area contributed by atoms with Crippen molar-refractivity contribution in [2.24, 2.45) is 0 Å². The Labute approximate surface area is 113 Å². The summed E-state index contributed by atoms with van der Waals surface area (Å²) in [6.07, 6.45) is 1.29. The van der Waals surface area contributed by atoms with Crippen LogP contribution in [-0.4, -0.2) is 31.9 Å². The number of carboxylic acids is 1. The number of sulfone groups is 1. The summed E-state index contributed by atoms with van der Waals surface area (Å²) < 4.78 is 29.4. The maximum Gasteiger partial charge on any atom is 0.339 e. The van der Waals surface area contributed by atoms with Crippen molar-refractivity contribution in [1.29, 1.82) is 0 Å². The lowest BCUT2D eigenvalue weighted by Crippen LogP contribution is -2.18. The van der Waals surface area contributed by atoms with E-state index < -0.39 is 21.1 Å². The van der Waals surface area contributed by atoms with E-state index in [-0.39, 0.29) is 16.2 Å². The molecule has 0 aliphatic rings. The number of methoxy groups -OCH3 is 1. The van der Waals surface area contributed by atoms with Crippen molar-refractivity contribution in [2.75, 3.05) is 7.11 Å². The summed E-state index contributed by atoms with van der Waals surface area (Å²) in [4.78, 5) is 11.1. The molecule has 1 aromatic rings. The molecule has 0 radical (unpaired) electrons. The molecule has 0 aromatic heterocycles. The van der Waals surface area contributed by atoms with Crippen LogP contribution < -0.4 is 4.74 Å². The summed E-state index contributed by atoms with van der Waals surface area (Å²) in [5, 5.41) is 8.52. The zero-order valence-electron chi connectivity index (χ0n) is 11.2. The lowest BCUT2D eigenvalue weighted by molar-refractivity contribution is 0.0693. The van der Waals surface area contributed by atoms with Gasteiger partial charge in [-0.2, -0.15) is 0 Å². The second kappa shape index (κ2) is 6.06. The van der Waals surface area contributed by atoms with Crippen LogP contribution in [0.25, 0.3) is 0 Å². The molecule has 1 aromatic carbocycles. The van der Waals surface area contributed by atoms with Gasteiger partial charge in [0.25, 0.3) is 0 Å². The molecule has 19 heavy (non-hydrogen) atoms. The van der Waals surface area contributed by atoms with Crippen molar-refractivity contribution < 1.29 is 23.1 Å². The Kier molecular flexibility index (Phi) is 4.94. The largest absolute Gasteiger partial charge is 0.496 e. The molecule has 1 N–H and O–H groups in total. The quantitative estimate of drug-likeness (QED) is 0.868. The van der Waals surface area contributed by atoms with Gasteiger partial charge in [0.2, 0.25) is 0 Å². The van der Waals surface area contributed by atoms with Gasteiger partial charge < -0.3 is 9.84 Å². The SMILES string of the molecule is CCCC(C)S(=O)(=O)c1ccc(OC)c(C(=O)O)c1. The van der Waals surface area contributed by atoms with Crippen molar-refractivity contribution in [3.63, 3.8) is 0 Å². The lowest BCUT2D eigenvalue weighted by Gasteiger charge is -2.13. The smallest absolute Gasteiger partial charge is 0.339 e. The molecule has 0 aliphatic heterocycles. The molecule has 106 valence electrons. The van der Waals surface area contributed by atoms with Crippen molar-refractivity contribution in [2.45, 2.75) is 36.8 Å². The molecule has 6 heteroatoms. The van der Waals surface area contributed by atoms with Crippen LogP contribution in [0.2, 0.25) is 0 Å². The van der Waals surface area contributed by atoms with Crippen LogP contribution in [0.4, 0.5) is 0 Å². The average molecular weight is 286 g/mol. The van der Waals surface area contributed by atoms with E-state index in [1.807, 2.05) is 6.92 Å². The number of hydrogen-bond donors (Lipinski definition) is 1. The van der Waals surface area contributed by atoms with Crippen molar-refractivity contribution in [3.05, 3.63) is 23.8 Å². The average Bonchev–Trinajstić information content (AvgIpc) is 2.38. The topological polar surface area (TPSA) is 80.7 Å². The van der Waals surface area contributed by atoms with Gasteiger partial charge in [-0.05, 0) is 31.5 Å². The molecule has 1 atom stereocenters. The molecule has 0 saturated carbocycles. The van der Waals surface area contributed by atoms with E-state index in [0.717, 1.165) is 12.5 Å². The van der Waals surface area contributed by atoms with Gasteiger partial charge in [0.15, 0.2) is 9.84 Å². The molecule has 1 unspecified atom stereocenters. The van der Waals surface area contributed by atoms with Crippen LogP contribution in [0.1, 0.15) is 37.0 Å². The van der Waals surface area contributed by atoms with Gasteiger partial charge in [-0.1, -0.05) is 13.3 Å². The summed E-state index contributed by atoms with van der Waals surface area (Å²) in [5.41, 5.74) is -0.146. The number of carbonyl (C=O) groups is 1. The summed E-state index contributed by atoms with van der Waals surface area (Å²) in [5.74, 6) is -1.06. The molecule has 0 aliphatic carbocycles. The van der Waals surface area contributed by atoms with E-state index in [1.165, 1.54) is 19.2 Å². The van der Waals surface area contributed by atoms with Crippen LogP contribution in [-0.2, 0) is 9.84 Å². The number of benzene rings is 1. The van der Waals surface area contributed by atoms with E-state index in [4.69, 9.17) is 9.84 Å². The lowest BCUT2D eigenvalue weighted by atomic mass is 10.2. The van der Waals surface area contributed by atoms with Crippen LogP contribution >= 0.6 is 0 Å². The van der Waals surface area contributed by atoms with E-state index in [1.54, 1.807) is 6.92 Å². The molecule has 0 fully saturated rings. The molecule has 0 saturated heterocycles. The Balaban J connectivity index is 3.29. The Morgan fingerprint density at radius 3 is 2.53 bits per heavy atom. The molecule has 5 nitrogen and oxygen atoms in total. The van der Waals surface area contributed by atoms with Crippen molar-refractivity contribution in [3.8, 4) is 5.75 Å². The molecule has 0 heterocycles. The normalized spacial score (nSPS) is 13.0. The highest BCUT2D eigenvalue weighted by Gasteiger charge is 2.24. The highest BCUT2D eigenvalue weighted by Crippen LogP contribution is 2.26. The van der Waals surface area contributed by atoms with Crippen molar-refractivity contribution in [1.82, 2.24) is 0 Å². The molecular formula is C13H18O5S. The Morgan fingerprint density at radius 1 is 1.42 bits per heavy atom. The monoisotopic (exact) mass is 286 g/mol. The maximum absolute atomic E-state index is 12.3. The summed E-state index contributed by atoms with van der Waals surface area (Å²) in [6.45, 7) is 3.53. The first-order chi connectivity index (χ1) is 8.84. The highest BCUT2D eigenvalue weighted by atomic mass is 32.2. The van der Waals surface area contributed by atoms with E-state index in [9.17, 15) is 13.2 Å². The molecule has 0 spiro atoms. The Bertz CT molecular complexity index is 562. The molecule has 1 rings (SSSR count). The van der Waals surface area contributed by atoms with Gasteiger partial charge in [-0.15, -0.1) is 0 Å². The highest BCUT2D eigenvalue weighted by molar-refractivity contribution is 7.92. The molecule has 0 amide bonds. The van der Waals surface area contributed by atoms with Gasteiger partial charge in [0.1, 0.15) is 11.3 Å². The third-order valence-corrected chi connectivity index (χ3v) is 5.16. The van der Waals surface area contributed by atoms with Gasteiger partial charge in [-0.25, -0.2) is 13.2 Å². The van der Waals surface area contributed by atoms with Crippen LogP contribution in [0.15, 0.2) is 23.1 Å². The van der Waals surface area contributed by atoms with Crippen LogP contribution in [0, 0.1) is 0 Å². The first-order valence-electron chi connectivity index (χ1n) is 5.99. The number of rotatable bonds is 6. The molecule has 0 bridgehead atoms. The summed E-state index contributed by atoms with van der Waals surface area (Å²) in [7, 11) is -2.16. The van der Waals surface area contributed by atoms with Gasteiger partial charge in [0.05, 0.1) is 17.3 Å². The van der Waals surface area contributed by atoms with Crippen molar-refractivity contribution >= 4 is 15.8 Å². The second-order valence-electron chi connectivity index (χ2n) is 4.31. The Hall–Kier alpha value is -1.56. The van der Waals surface area contributed by atoms with E-state index in [2.05, 4.69) is 0 Å². The number of aromatic carboxylic acids is 1. The second-order valence-corrected chi connectivity index (χ2v) is 6.68. The summed E-state index contributed by atoms with van der Waals surface area (Å²) >= 11 is 0. The fourth-order valence-electron chi connectivity index (χ4n) is 1.83. The standard InChI is InChI=1S/C13H18O5S/c1-4-5-9(2)19(16,17)10-6-7-12(18-3)11(8-10)13(14)15/h6-9H,4-5H2,1-3H3,(H,14,15). The third kappa shape index (κ3) is 3.26. The van der Waals surface area contributed by atoms with Gasteiger partial charge in [0, 0.05) is 0 Å². The Morgan fingerprint density at radius 2 is 2.05 bits per heavy atom. The van der Waals surface area contributed by atoms with E-state index >= 15 is 0 Å². The predicted molar refractivity (Wildman–Crippen MR) is 71.5 cm³/mol. The fraction of sp³-hybridized carbons (Fsp3) is 0.462. The third-order valence-electron chi connectivity index (χ3n) is 2.95. The van der Waals surface area contributed by atoms with Gasteiger partial charge in [-0.3, -0.25) is 0 Å². The predicted octanol–water partition coefficient (Wildman–Crippen LogP) is 2.36. The zero-order valence-corrected chi connectivity index (χ0v) is 12.0. The maximum atomic E-state index is 12.3. The number of carboxylic acid groups (broad SMARTS) is 1. The van der Waals surface area contributed by atoms with Crippen LogP contribution in [0.5, 0.6) is 5.75 Å². The fourth-order valence-corrected chi connectivity index (χ4v) is 3.38. The van der Waals surface area contributed by atoms with E-state index in [0.29, 0.717) is 6.42 Å². The summed E-state index contributed by atoms with van der Waals surface area (Å²) in [6, 6.07) is 3.91. The van der Waals surface area contributed by atoms with Crippen LogP contribution in [0.3, 0.4) is 0 Å². The molecular weight excluding hydrogens is 268 g/mol. The number of ether oxygens (including phenoxy) is 1. The first kappa shape index (κ1) is 15.5. The zero-order chi connectivity index (χ0) is 14.6. The van der Waals surface area contributed by atoms with Gasteiger partial charge >= 0.3 is 5.97 Å². The minimum absolute atomic E-state index is 0.0200. The minimum atomic E-state index is -3.50.